The van der Waals surface area contributed by atoms with Crippen molar-refractivity contribution in [2.24, 2.45) is 21.1 Å². The van der Waals surface area contributed by atoms with Crippen LogP contribution in [0.3, 0.4) is 0 Å². The van der Waals surface area contributed by atoms with Crippen LogP contribution in [0, 0.1) is 0 Å². The summed E-state index contributed by atoms with van der Waals surface area (Å²) in [5, 5.41) is 0. The highest BCUT2D eigenvalue weighted by Crippen LogP contribution is 2.29. The molecule has 0 amide bonds. The van der Waals surface area contributed by atoms with Crippen molar-refractivity contribution in [2.75, 3.05) is 0 Å². The summed E-state index contributed by atoms with van der Waals surface area (Å²) in [4.78, 5) is 24.7. The largest absolute Gasteiger partial charge is 0.441 e. The summed E-state index contributed by atoms with van der Waals surface area (Å²) in [7, 11) is 4.87. The number of hydrogen-bond acceptors (Lipinski definition) is 3. The van der Waals surface area contributed by atoms with E-state index in [1.807, 2.05) is 54.6 Å². The summed E-state index contributed by atoms with van der Waals surface area (Å²) >= 11 is 0. The average Bonchev–Trinajstić information content (AvgIpc) is 3.02. The summed E-state index contributed by atoms with van der Waals surface area (Å²) < 4.78 is 10.3. The van der Waals surface area contributed by atoms with Crippen LogP contribution in [0.25, 0.3) is 22.2 Å². The Morgan fingerprint density at radius 1 is 0.741 bits per heavy atom. The number of aryl methyl sites for hydroxylation is 2. The van der Waals surface area contributed by atoms with E-state index in [-0.39, 0.29) is 11.2 Å². The molecule has 4 rings (SSSR count). The van der Waals surface area contributed by atoms with E-state index in [2.05, 4.69) is 0 Å². The molecule has 4 aromatic rings. The highest BCUT2D eigenvalue weighted by molar-refractivity contribution is 5.78. The zero-order valence-corrected chi connectivity index (χ0v) is 15.3. The lowest BCUT2D eigenvalue weighted by Gasteiger charge is -2.09. The Morgan fingerprint density at radius 3 is 2.19 bits per heavy atom. The molecule has 0 N–H and O–H groups in total. The Balaban J connectivity index is 1.80. The maximum absolute atomic E-state index is 12.5. The van der Waals surface area contributed by atoms with E-state index in [1.165, 1.54) is 11.6 Å². The van der Waals surface area contributed by atoms with Crippen molar-refractivity contribution in [3.63, 3.8) is 0 Å². The topological polar surface area (TPSA) is 58.2 Å². The molecule has 6 heteroatoms. The first-order valence-corrected chi connectivity index (χ1v) is 8.56. The summed E-state index contributed by atoms with van der Waals surface area (Å²) in [6, 6.07) is 19.5. The van der Waals surface area contributed by atoms with Gasteiger partial charge in [0.15, 0.2) is 0 Å². The molecule has 0 saturated heterocycles. The summed E-state index contributed by atoms with van der Waals surface area (Å²) in [5.41, 5.74) is 2.39. The van der Waals surface area contributed by atoms with Crippen molar-refractivity contribution in [1.29, 1.82) is 0 Å². The Bertz CT molecular complexity index is 1260. The highest BCUT2D eigenvalue weighted by atomic mass is 16.5. The maximum Gasteiger partial charge on any atom is 0.331 e. The fourth-order valence-corrected chi connectivity index (χ4v) is 3.24. The van der Waals surface area contributed by atoms with Gasteiger partial charge in [0.05, 0.1) is 5.52 Å². The zero-order chi connectivity index (χ0) is 19.1. The van der Waals surface area contributed by atoms with Gasteiger partial charge in [-0.05, 0) is 23.3 Å². The first kappa shape index (κ1) is 16.9. The molecule has 0 spiro atoms. The van der Waals surface area contributed by atoms with Crippen LogP contribution in [0.4, 0.5) is 0 Å². The lowest BCUT2D eigenvalue weighted by atomic mass is 10.1. The van der Waals surface area contributed by atoms with Crippen molar-refractivity contribution in [3.05, 3.63) is 81.5 Å². The second-order valence-corrected chi connectivity index (χ2v) is 6.48. The van der Waals surface area contributed by atoms with Gasteiger partial charge < -0.3 is 9.30 Å². The zero-order valence-electron chi connectivity index (χ0n) is 15.3. The first-order chi connectivity index (χ1) is 13.0. The van der Waals surface area contributed by atoms with Crippen LogP contribution in [0.15, 0.2) is 70.3 Å². The second kappa shape index (κ2) is 6.32. The van der Waals surface area contributed by atoms with Crippen LogP contribution in [0.2, 0.25) is 0 Å². The molecule has 27 heavy (non-hydrogen) atoms. The van der Waals surface area contributed by atoms with E-state index >= 15 is 0 Å². The van der Waals surface area contributed by atoms with E-state index < -0.39 is 0 Å². The molecule has 136 valence electrons. The number of aromatic nitrogens is 3. The van der Waals surface area contributed by atoms with E-state index in [0.29, 0.717) is 22.7 Å². The van der Waals surface area contributed by atoms with E-state index in [9.17, 15) is 9.59 Å². The van der Waals surface area contributed by atoms with Crippen LogP contribution in [-0.4, -0.2) is 13.7 Å². The van der Waals surface area contributed by atoms with E-state index in [4.69, 9.17) is 4.74 Å². The number of benzene rings is 2. The monoisotopic (exact) mass is 361 g/mol. The van der Waals surface area contributed by atoms with E-state index in [0.717, 1.165) is 15.7 Å². The molecule has 0 bridgehead atoms. The van der Waals surface area contributed by atoms with Gasteiger partial charge in [-0.3, -0.25) is 13.9 Å². The average molecular weight is 361 g/mol. The third kappa shape index (κ3) is 2.75. The van der Waals surface area contributed by atoms with Crippen molar-refractivity contribution in [2.45, 2.75) is 0 Å². The Labute approximate surface area is 155 Å². The fraction of sp³-hybridized carbons (Fsp3) is 0.143. The molecule has 0 aliphatic heterocycles. The smallest absolute Gasteiger partial charge is 0.331 e. The molecule has 0 aliphatic carbocycles. The van der Waals surface area contributed by atoms with Crippen molar-refractivity contribution < 1.29 is 4.74 Å². The number of rotatable bonds is 3. The quantitative estimate of drug-likeness (QED) is 0.564. The Kier molecular flexibility index (Phi) is 3.96. The van der Waals surface area contributed by atoms with Crippen molar-refractivity contribution in [3.8, 4) is 22.8 Å². The maximum atomic E-state index is 12.5. The van der Waals surface area contributed by atoms with Gasteiger partial charge in [0, 0.05) is 27.2 Å². The summed E-state index contributed by atoms with van der Waals surface area (Å²) in [5.74, 6) is 1.15. The van der Waals surface area contributed by atoms with Gasteiger partial charge in [0.25, 0.3) is 5.56 Å². The number of nitrogens with zero attached hydrogens (tertiary/aromatic N) is 3. The lowest BCUT2D eigenvalue weighted by Crippen LogP contribution is -2.37. The van der Waals surface area contributed by atoms with Crippen LogP contribution in [0.1, 0.15) is 0 Å². The predicted octanol–water partition coefficient (Wildman–Crippen LogP) is 3.04. The molecule has 0 aliphatic rings. The predicted molar refractivity (Wildman–Crippen MR) is 105 cm³/mol. The van der Waals surface area contributed by atoms with Crippen molar-refractivity contribution in [1.82, 2.24) is 13.7 Å². The molecule has 0 unspecified atom stereocenters. The van der Waals surface area contributed by atoms with Gasteiger partial charge in [-0.1, -0.05) is 42.5 Å². The third-order valence-electron chi connectivity index (χ3n) is 4.77. The molecule has 2 heterocycles. The molecule has 2 aromatic heterocycles. The minimum atomic E-state index is -0.365. The Morgan fingerprint density at radius 2 is 1.44 bits per heavy atom. The van der Waals surface area contributed by atoms with Gasteiger partial charge in [0.1, 0.15) is 11.3 Å². The van der Waals surface area contributed by atoms with Gasteiger partial charge >= 0.3 is 5.69 Å². The molecule has 0 saturated carbocycles. The van der Waals surface area contributed by atoms with Crippen LogP contribution < -0.4 is 16.0 Å². The van der Waals surface area contributed by atoms with Crippen LogP contribution >= 0.6 is 0 Å². The van der Waals surface area contributed by atoms with Crippen molar-refractivity contribution >= 4 is 11.0 Å². The molecule has 0 atom stereocenters. The lowest BCUT2D eigenvalue weighted by molar-refractivity contribution is 0.446. The standard InChI is InChI=1S/C21H19N3O3/c1-22-17-13-18(23(2)19(17)20(25)24(3)21(22)26)27-16-11-7-10-15(12-16)14-8-5-4-6-9-14/h4-13H,1-3H3. The van der Waals surface area contributed by atoms with Gasteiger partial charge in [-0.2, -0.15) is 0 Å². The third-order valence-corrected chi connectivity index (χ3v) is 4.77. The molecular weight excluding hydrogens is 342 g/mol. The fourth-order valence-electron chi connectivity index (χ4n) is 3.24. The minimum Gasteiger partial charge on any atom is -0.441 e. The van der Waals surface area contributed by atoms with Gasteiger partial charge in [-0.25, -0.2) is 4.79 Å². The van der Waals surface area contributed by atoms with Crippen LogP contribution in [-0.2, 0) is 21.1 Å². The number of hydrogen-bond donors (Lipinski definition) is 0. The number of fused-ring (bicyclic) bond motifs is 1. The van der Waals surface area contributed by atoms with Gasteiger partial charge in [-0.15, -0.1) is 0 Å². The summed E-state index contributed by atoms with van der Waals surface area (Å²) in [6.07, 6.45) is 0. The number of ether oxygens (including phenoxy) is 1. The van der Waals surface area contributed by atoms with Crippen LogP contribution in [0.5, 0.6) is 11.6 Å². The second-order valence-electron chi connectivity index (χ2n) is 6.48. The SMILES string of the molecule is Cn1c(=O)c2c(cc(Oc3cccc(-c4ccccc4)c3)n2C)n(C)c1=O. The first-order valence-electron chi connectivity index (χ1n) is 8.56. The van der Waals surface area contributed by atoms with E-state index in [1.54, 1.807) is 24.7 Å². The molecular formula is C21H19N3O3. The molecule has 0 fully saturated rings. The minimum absolute atomic E-state index is 0.344. The molecule has 0 radical (unpaired) electrons. The van der Waals surface area contributed by atoms with Gasteiger partial charge in [0.2, 0.25) is 5.88 Å². The Hall–Kier alpha value is -3.54. The molecule has 6 nitrogen and oxygen atoms in total. The molecule has 2 aromatic carbocycles. The summed E-state index contributed by atoms with van der Waals surface area (Å²) in [6.45, 7) is 0. The normalized spacial score (nSPS) is 11.1. The highest BCUT2D eigenvalue weighted by Gasteiger charge is 2.16.